The Kier molecular flexibility index (Phi) is 9.88. The SMILES string of the molecule is [B]Cc1cc(C[B])c(OC(=O)c2ccc(I)cc2C(=O)OC(CS(=O)(=O)O)C(F)(F)F)c(C[B])c1. The third-order valence-electron chi connectivity index (χ3n) is 4.57. The van der Waals surface area contributed by atoms with Crippen LogP contribution in [0.2, 0.25) is 0 Å². The molecule has 0 aliphatic carbocycles. The molecule has 0 fully saturated rings. The molecule has 0 saturated carbocycles. The van der Waals surface area contributed by atoms with Crippen LogP contribution in [-0.4, -0.2) is 66.5 Å². The van der Waals surface area contributed by atoms with Gasteiger partial charge in [0.2, 0.25) is 6.10 Å². The van der Waals surface area contributed by atoms with Crippen molar-refractivity contribution in [1.82, 2.24) is 0 Å². The van der Waals surface area contributed by atoms with Crippen LogP contribution >= 0.6 is 22.6 Å². The number of carbonyl (C=O) groups excluding carboxylic acids is 2. The van der Waals surface area contributed by atoms with Crippen LogP contribution in [0.1, 0.15) is 37.4 Å². The second kappa shape index (κ2) is 11.8. The maximum atomic E-state index is 13.2. The Morgan fingerprint density at radius 2 is 1.54 bits per heavy atom. The van der Waals surface area contributed by atoms with E-state index in [1.165, 1.54) is 6.07 Å². The molecule has 1 unspecified atom stereocenters. The average Bonchev–Trinajstić information content (AvgIpc) is 2.76. The van der Waals surface area contributed by atoms with E-state index in [4.69, 9.17) is 32.8 Å². The number of benzene rings is 2. The fourth-order valence-corrected chi connectivity index (χ4v) is 4.10. The fraction of sp³-hybridized carbons (Fsp3) is 0.300. The maximum Gasteiger partial charge on any atom is 0.426 e. The minimum atomic E-state index is -5.31. The standard InChI is InChI=1S/C20H15B3F3IO7S/c21-6-10-3-11(7-22)17(12(4-10)8-23)34-18(28)14-2-1-13(27)5-15(14)19(29)33-16(20(24,25)26)9-35(30,31)32/h1-5,16H,6-9H2,(H,30,31,32). The lowest BCUT2D eigenvalue weighted by Gasteiger charge is -2.20. The molecule has 2 aromatic carbocycles. The van der Waals surface area contributed by atoms with Crippen LogP contribution in [0.3, 0.4) is 0 Å². The van der Waals surface area contributed by atoms with Crippen molar-refractivity contribution in [2.45, 2.75) is 31.2 Å². The zero-order valence-corrected chi connectivity index (χ0v) is 20.8. The summed E-state index contributed by atoms with van der Waals surface area (Å²) >= 11 is 1.74. The van der Waals surface area contributed by atoms with Gasteiger partial charge in [-0.15, -0.1) is 0 Å². The number of ether oxygens (including phenoxy) is 2. The number of alkyl halides is 3. The van der Waals surface area contributed by atoms with Gasteiger partial charge in [-0.25, -0.2) is 9.59 Å². The van der Waals surface area contributed by atoms with Crippen molar-refractivity contribution in [3.63, 3.8) is 0 Å². The van der Waals surface area contributed by atoms with Crippen molar-refractivity contribution in [3.8, 4) is 5.75 Å². The summed E-state index contributed by atoms with van der Waals surface area (Å²) in [5.41, 5.74) is 0.343. The smallest absolute Gasteiger partial charge is 0.426 e. The van der Waals surface area contributed by atoms with Gasteiger partial charge in [-0.1, -0.05) is 36.7 Å². The number of carbonyl (C=O) groups is 2. The molecule has 1 N–H and O–H groups in total. The van der Waals surface area contributed by atoms with Crippen LogP contribution in [0.5, 0.6) is 5.75 Å². The first-order valence-electron chi connectivity index (χ1n) is 9.69. The Labute approximate surface area is 217 Å². The molecule has 0 amide bonds. The first-order chi connectivity index (χ1) is 16.2. The molecule has 0 aromatic heterocycles. The number of halogens is 4. The third kappa shape index (κ3) is 8.00. The zero-order chi connectivity index (χ0) is 26.6. The third-order valence-corrected chi connectivity index (χ3v) is 5.97. The molecule has 35 heavy (non-hydrogen) atoms. The quantitative estimate of drug-likeness (QED) is 0.152. The van der Waals surface area contributed by atoms with Crippen molar-refractivity contribution in [3.05, 3.63) is 61.7 Å². The molecule has 0 aliphatic rings. The predicted molar refractivity (Wildman–Crippen MR) is 131 cm³/mol. The number of hydrogen-bond acceptors (Lipinski definition) is 6. The average molecular weight is 616 g/mol. The van der Waals surface area contributed by atoms with E-state index in [-0.39, 0.29) is 24.7 Å². The summed E-state index contributed by atoms with van der Waals surface area (Å²) in [7, 11) is 12.0. The summed E-state index contributed by atoms with van der Waals surface area (Å²) in [6.45, 7) is 0. The van der Waals surface area contributed by atoms with Crippen LogP contribution in [-0.2, 0) is 33.8 Å². The number of hydrogen-bond donors (Lipinski definition) is 1. The molecule has 0 aliphatic heterocycles. The molecule has 180 valence electrons. The number of rotatable bonds is 9. The topological polar surface area (TPSA) is 107 Å². The van der Waals surface area contributed by atoms with Gasteiger partial charge in [0.25, 0.3) is 10.1 Å². The molecule has 0 bridgehead atoms. The highest BCUT2D eigenvalue weighted by Gasteiger charge is 2.46. The van der Waals surface area contributed by atoms with Gasteiger partial charge in [0.05, 0.1) is 34.7 Å². The van der Waals surface area contributed by atoms with E-state index in [9.17, 15) is 31.2 Å². The Morgan fingerprint density at radius 3 is 2.00 bits per heavy atom. The Hall–Kier alpha value is -2.00. The monoisotopic (exact) mass is 616 g/mol. The van der Waals surface area contributed by atoms with Crippen molar-refractivity contribution >= 4 is 68.2 Å². The largest absolute Gasteiger partial charge is 0.448 e. The van der Waals surface area contributed by atoms with Crippen LogP contribution in [0.15, 0.2) is 30.3 Å². The van der Waals surface area contributed by atoms with Crippen LogP contribution in [0, 0.1) is 3.57 Å². The Balaban J connectivity index is 2.46. The van der Waals surface area contributed by atoms with E-state index in [1.807, 2.05) is 0 Å². The normalized spacial score (nSPS) is 12.7. The zero-order valence-electron chi connectivity index (χ0n) is 17.8. The minimum absolute atomic E-state index is 0.00890. The first kappa shape index (κ1) is 29.2. The van der Waals surface area contributed by atoms with Crippen molar-refractivity contribution in [1.29, 1.82) is 0 Å². The molecule has 7 nitrogen and oxygen atoms in total. The summed E-state index contributed by atoms with van der Waals surface area (Å²) in [4.78, 5) is 25.5. The van der Waals surface area contributed by atoms with Gasteiger partial charge < -0.3 is 9.47 Å². The van der Waals surface area contributed by atoms with Crippen LogP contribution < -0.4 is 4.74 Å². The highest BCUT2D eigenvalue weighted by molar-refractivity contribution is 14.1. The molecule has 15 heteroatoms. The fourth-order valence-electron chi connectivity index (χ4n) is 2.97. The summed E-state index contributed by atoms with van der Waals surface area (Å²) in [6, 6.07) is 6.76. The molecular weight excluding hydrogens is 601 g/mol. The van der Waals surface area contributed by atoms with Gasteiger partial charge in [-0.3, -0.25) is 4.55 Å². The second-order valence-electron chi connectivity index (χ2n) is 7.12. The maximum absolute atomic E-state index is 13.2. The van der Waals surface area contributed by atoms with Crippen molar-refractivity contribution < 1.29 is 45.2 Å². The second-order valence-corrected chi connectivity index (χ2v) is 9.86. The van der Waals surface area contributed by atoms with Gasteiger partial charge in [0.15, 0.2) is 0 Å². The van der Waals surface area contributed by atoms with E-state index in [0.717, 1.165) is 12.1 Å². The summed E-state index contributed by atoms with van der Waals surface area (Å²) in [5.74, 6) is -4.69. The molecule has 0 spiro atoms. The predicted octanol–water partition coefficient (Wildman–Crippen LogP) is 2.49. The van der Waals surface area contributed by atoms with E-state index < -0.39 is 51.2 Å². The minimum Gasteiger partial charge on any atom is -0.448 e. The molecule has 0 saturated heterocycles. The lowest BCUT2D eigenvalue weighted by molar-refractivity contribution is -0.197. The first-order valence-corrected chi connectivity index (χ1v) is 12.4. The van der Waals surface area contributed by atoms with Crippen molar-refractivity contribution in [2.24, 2.45) is 0 Å². The molecule has 6 radical (unpaired) electrons. The van der Waals surface area contributed by atoms with Crippen LogP contribution in [0.25, 0.3) is 0 Å². The van der Waals surface area contributed by atoms with Crippen molar-refractivity contribution in [2.75, 3.05) is 5.75 Å². The summed E-state index contributed by atoms with van der Waals surface area (Å²) in [5, 5.41) is 0. The Bertz CT molecular complexity index is 1200. The summed E-state index contributed by atoms with van der Waals surface area (Å²) in [6.07, 6.45) is -8.46. The lowest BCUT2D eigenvalue weighted by Crippen LogP contribution is -2.39. The van der Waals surface area contributed by atoms with E-state index in [2.05, 4.69) is 4.74 Å². The highest BCUT2D eigenvalue weighted by atomic mass is 127. The molecule has 0 heterocycles. The van der Waals surface area contributed by atoms with Crippen LogP contribution in [0.4, 0.5) is 13.2 Å². The molecular formula is C20H15B3F3IO7S. The van der Waals surface area contributed by atoms with E-state index >= 15 is 0 Å². The van der Waals surface area contributed by atoms with Gasteiger partial charge >= 0.3 is 18.1 Å². The molecule has 1 atom stereocenters. The molecule has 2 rings (SSSR count). The van der Waals surface area contributed by atoms with Gasteiger partial charge in [-0.2, -0.15) is 21.6 Å². The van der Waals surface area contributed by atoms with Gasteiger partial charge in [0.1, 0.15) is 11.5 Å². The summed E-state index contributed by atoms with van der Waals surface area (Å²) < 4.78 is 80.4. The van der Waals surface area contributed by atoms with E-state index in [1.54, 1.807) is 34.7 Å². The van der Waals surface area contributed by atoms with Gasteiger partial charge in [0, 0.05) is 3.57 Å². The lowest BCUT2D eigenvalue weighted by atomic mass is 9.85. The Morgan fingerprint density at radius 1 is 0.971 bits per heavy atom. The number of esters is 2. The highest BCUT2D eigenvalue weighted by Crippen LogP contribution is 2.29. The molecule has 2 aromatic rings. The van der Waals surface area contributed by atoms with E-state index in [0.29, 0.717) is 20.3 Å². The van der Waals surface area contributed by atoms with Gasteiger partial charge in [-0.05, 0) is 51.9 Å².